The van der Waals surface area contributed by atoms with Crippen molar-refractivity contribution in [1.82, 2.24) is 9.78 Å². The van der Waals surface area contributed by atoms with Gasteiger partial charge in [0.05, 0.1) is 10.5 Å². The zero-order valence-electron chi connectivity index (χ0n) is 9.06. The van der Waals surface area contributed by atoms with E-state index in [1.54, 1.807) is 11.3 Å². The molecule has 0 aliphatic heterocycles. The minimum Gasteiger partial charge on any atom is -0.323 e. The van der Waals surface area contributed by atoms with E-state index in [1.807, 2.05) is 36.3 Å². The van der Waals surface area contributed by atoms with Gasteiger partial charge in [-0.3, -0.25) is 4.68 Å². The third-order valence-electron chi connectivity index (χ3n) is 2.46. The lowest BCUT2D eigenvalue weighted by molar-refractivity contribution is 0.661. The fourth-order valence-corrected chi connectivity index (χ4v) is 2.69. The monoisotopic (exact) mass is 255 g/mol. The normalized spacial score (nSPS) is 12.9. The summed E-state index contributed by atoms with van der Waals surface area (Å²) in [4.78, 5) is 1.15. The van der Waals surface area contributed by atoms with E-state index < -0.39 is 0 Å². The molecule has 1 unspecified atom stereocenters. The lowest BCUT2D eigenvalue weighted by Crippen LogP contribution is -2.09. The van der Waals surface area contributed by atoms with Crippen molar-refractivity contribution in [2.24, 2.45) is 12.8 Å². The van der Waals surface area contributed by atoms with Gasteiger partial charge in [-0.05, 0) is 30.5 Å². The van der Waals surface area contributed by atoms with Crippen LogP contribution in [0.5, 0.6) is 0 Å². The predicted molar refractivity (Wildman–Crippen MR) is 67.8 cm³/mol. The second-order valence-electron chi connectivity index (χ2n) is 3.81. The number of hydrogen-bond donors (Lipinski definition) is 1. The summed E-state index contributed by atoms with van der Waals surface area (Å²) in [5.74, 6) is 0. The van der Waals surface area contributed by atoms with Crippen molar-refractivity contribution in [3.8, 4) is 0 Å². The van der Waals surface area contributed by atoms with E-state index in [9.17, 15) is 0 Å². The summed E-state index contributed by atoms with van der Waals surface area (Å²) in [5, 5.41) is 4.13. The Bertz CT molecular complexity index is 463. The fourth-order valence-electron chi connectivity index (χ4n) is 1.59. The van der Waals surface area contributed by atoms with E-state index in [0.717, 1.165) is 22.1 Å². The number of aryl methyl sites for hydroxylation is 2. The first-order valence-electron chi connectivity index (χ1n) is 5.13. The Morgan fingerprint density at radius 3 is 2.94 bits per heavy atom. The van der Waals surface area contributed by atoms with Crippen LogP contribution in [-0.2, 0) is 13.5 Å². The third kappa shape index (κ3) is 2.84. The molecule has 2 N–H and O–H groups in total. The molecule has 0 aliphatic rings. The van der Waals surface area contributed by atoms with Crippen molar-refractivity contribution >= 4 is 22.9 Å². The molecule has 0 amide bonds. The maximum atomic E-state index is 6.09. The number of nitrogens with two attached hydrogens (primary N) is 1. The van der Waals surface area contributed by atoms with Crippen molar-refractivity contribution in [1.29, 1.82) is 0 Å². The Kier molecular flexibility index (Phi) is 3.63. The van der Waals surface area contributed by atoms with Gasteiger partial charge in [0.2, 0.25) is 0 Å². The molecule has 16 heavy (non-hydrogen) atoms. The number of halogens is 1. The molecule has 0 bridgehead atoms. The molecule has 0 spiro atoms. The fraction of sp³-hybridized carbons (Fsp3) is 0.364. The van der Waals surface area contributed by atoms with Crippen LogP contribution in [-0.4, -0.2) is 9.78 Å². The number of rotatable bonds is 4. The highest BCUT2D eigenvalue weighted by molar-refractivity contribution is 7.16. The summed E-state index contributed by atoms with van der Waals surface area (Å²) in [5.41, 5.74) is 7.31. The molecule has 2 heterocycles. The lowest BCUT2D eigenvalue weighted by atomic mass is 10.1. The largest absolute Gasteiger partial charge is 0.323 e. The molecule has 2 aromatic rings. The van der Waals surface area contributed by atoms with Crippen LogP contribution in [0, 0.1) is 0 Å². The number of aromatic nitrogens is 2. The zero-order valence-corrected chi connectivity index (χ0v) is 10.6. The van der Waals surface area contributed by atoms with Crippen LogP contribution in [0.25, 0.3) is 0 Å². The van der Waals surface area contributed by atoms with Gasteiger partial charge < -0.3 is 5.73 Å². The average Bonchev–Trinajstić information content (AvgIpc) is 2.84. The van der Waals surface area contributed by atoms with Gasteiger partial charge in [-0.2, -0.15) is 5.10 Å². The van der Waals surface area contributed by atoms with Crippen molar-refractivity contribution in [2.45, 2.75) is 18.9 Å². The summed E-state index contributed by atoms with van der Waals surface area (Å²) in [6, 6.07) is 3.96. The van der Waals surface area contributed by atoms with E-state index in [1.165, 1.54) is 5.56 Å². The van der Waals surface area contributed by atoms with Crippen LogP contribution in [0.1, 0.15) is 22.9 Å². The highest BCUT2D eigenvalue weighted by Gasteiger charge is 2.09. The molecular formula is C11H14ClN3S. The van der Waals surface area contributed by atoms with E-state index in [-0.39, 0.29) is 6.04 Å². The minimum absolute atomic E-state index is 0.0673. The van der Waals surface area contributed by atoms with Gasteiger partial charge in [-0.1, -0.05) is 11.6 Å². The Morgan fingerprint density at radius 2 is 2.38 bits per heavy atom. The molecule has 0 aromatic carbocycles. The highest BCUT2D eigenvalue weighted by atomic mass is 35.5. The van der Waals surface area contributed by atoms with Crippen LogP contribution in [0.3, 0.4) is 0 Å². The van der Waals surface area contributed by atoms with E-state index in [0.29, 0.717) is 0 Å². The molecule has 86 valence electrons. The average molecular weight is 256 g/mol. The van der Waals surface area contributed by atoms with Gasteiger partial charge >= 0.3 is 0 Å². The molecule has 0 radical (unpaired) electrons. The first-order chi connectivity index (χ1) is 7.65. The molecule has 3 nitrogen and oxygen atoms in total. The molecule has 1 atom stereocenters. The molecular weight excluding hydrogens is 242 g/mol. The summed E-state index contributed by atoms with van der Waals surface area (Å²) in [6.07, 6.45) is 5.77. The third-order valence-corrected chi connectivity index (χ3v) is 3.82. The molecule has 0 aliphatic carbocycles. The van der Waals surface area contributed by atoms with Crippen LogP contribution < -0.4 is 5.73 Å². The van der Waals surface area contributed by atoms with Gasteiger partial charge in [0.1, 0.15) is 0 Å². The minimum atomic E-state index is 0.0673. The molecule has 0 saturated heterocycles. The standard InChI is InChI=1S/C11H14ClN3S/c1-15-7-8(6-14-15)2-3-9(13)10-4-5-11(12)16-10/h4-7,9H,2-3,13H2,1H3. The highest BCUT2D eigenvalue weighted by Crippen LogP contribution is 2.27. The Balaban J connectivity index is 1.91. The van der Waals surface area contributed by atoms with Gasteiger partial charge in [-0.25, -0.2) is 0 Å². The van der Waals surface area contributed by atoms with Crippen molar-refractivity contribution in [3.05, 3.63) is 39.3 Å². The van der Waals surface area contributed by atoms with Crippen molar-refractivity contribution < 1.29 is 0 Å². The molecule has 0 saturated carbocycles. The van der Waals surface area contributed by atoms with Crippen molar-refractivity contribution in [2.75, 3.05) is 0 Å². The van der Waals surface area contributed by atoms with E-state index in [2.05, 4.69) is 5.10 Å². The molecule has 5 heteroatoms. The summed E-state index contributed by atoms with van der Waals surface area (Å²) in [7, 11) is 1.92. The molecule has 0 fully saturated rings. The topological polar surface area (TPSA) is 43.8 Å². The number of hydrogen-bond acceptors (Lipinski definition) is 3. The Morgan fingerprint density at radius 1 is 1.56 bits per heavy atom. The van der Waals surface area contributed by atoms with Crippen LogP contribution >= 0.6 is 22.9 Å². The second-order valence-corrected chi connectivity index (χ2v) is 5.56. The first-order valence-corrected chi connectivity index (χ1v) is 6.33. The SMILES string of the molecule is Cn1cc(CCC(N)c2ccc(Cl)s2)cn1. The summed E-state index contributed by atoms with van der Waals surface area (Å²) < 4.78 is 2.61. The smallest absolute Gasteiger partial charge is 0.0931 e. The zero-order chi connectivity index (χ0) is 11.5. The van der Waals surface area contributed by atoms with Crippen LogP contribution in [0.4, 0.5) is 0 Å². The van der Waals surface area contributed by atoms with Crippen LogP contribution in [0.15, 0.2) is 24.5 Å². The second kappa shape index (κ2) is 4.99. The molecule has 2 aromatic heterocycles. The van der Waals surface area contributed by atoms with Crippen molar-refractivity contribution in [3.63, 3.8) is 0 Å². The van der Waals surface area contributed by atoms with Gasteiger partial charge in [0, 0.05) is 24.2 Å². The maximum Gasteiger partial charge on any atom is 0.0931 e. The van der Waals surface area contributed by atoms with Crippen LogP contribution in [0.2, 0.25) is 4.34 Å². The Hall–Kier alpha value is -0.840. The number of nitrogens with zero attached hydrogens (tertiary/aromatic N) is 2. The maximum absolute atomic E-state index is 6.09. The van der Waals surface area contributed by atoms with Gasteiger partial charge in [0.25, 0.3) is 0 Å². The predicted octanol–water partition coefficient (Wildman–Crippen LogP) is 2.77. The molecule has 2 rings (SSSR count). The van der Waals surface area contributed by atoms with Gasteiger partial charge in [0.15, 0.2) is 0 Å². The lowest BCUT2D eigenvalue weighted by Gasteiger charge is -2.07. The van der Waals surface area contributed by atoms with E-state index >= 15 is 0 Å². The Labute approximate surface area is 104 Å². The first kappa shape index (κ1) is 11.6. The quantitative estimate of drug-likeness (QED) is 0.913. The van der Waals surface area contributed by atoms with Gasteiger partial charge in [-0.15, -0.1) is 11.3 Å². The summed E-state index contributed by atoms with van der Waals surface area (Å²) in [6.45, 7) is 0. The summed E-state index contributed by atoms with van der Waals surface area (Å²) >= 11 is 7.43. The number of thiophene rings is 1. The van der Waals surface area contributed by atoms with E-state index in [4.69, 9.17) is 17.3 Å².